The minimum absolute atomic E-state index is 0.368. The molecule has 0 aliphatic carbocycles. The van der Waals surface area contributed by atoms with Crippen molar-refractivity contribution in [2.45, 2.75) is 25.5 Å². The van der Waals surface area contributed by atoms with Crippen molar-refractivity contribution < 1.29 is 9.26 Å². The second kappa shape index (κ2) is 4.19. The number of nitrogens with zero attached hydrogens (tertiary/aromatic N) is 2. The van der Waals surface area contributed by atoms with E-state index in [1.54, 1.807) is 0 Å². The van der Waals surface area contributed by atoms with E-state index in [2.05, 4.69) is 10.1 Å². The molecule has 3 rings (SSSR count). The first-order valence-electron chi connectivity index (χ1n) is 6.02. The topological polar surface area (TPSA) is 74.2 Å². The summed E-state index contributed by atoms with van der Waals surface area (Å²) < 4.78 is 10.7. The van der Waals surface area contributed by atoms with Crippen molar-refractivity contribution in [2.75, 3.05) is 6.61 Å². The molecule has 1 atom stereocenters. The molecule has 1 aliphatic heterocycles. The van der Waals surface area contributed by atoms with Gasteiger partial charge in [-0.05, 0) is 11.1 Å². The van der Waals surface area contributed by atoms with E-state index in [1.165, 1.54) is 0 Å². The minimum atomic E-state index is -0.814. The molecule has 1 aromatic carbocycles. The van der Waals surface area contributed by atoms with E-state index < -0.39 is 5.54 Å². The fourth-order valence-corrected chi connectivity index (χ4v) is 2.25. The average molecular weight is 245 g/mol. The van der Waals surface area contributed by atoms with Gasteiger partial charge in [0.05, 0.1) is 13.2 Å². The lowest BCUT2D eigenvalue weighted by molar-refractivity contribution is 0.0635. The maximum atomic E-state index is 6.45. The van der Waals surface area contributed by atoms with Gasteiger partial charge in [-0.3, -0.25) is 0 Å². The molecule has 2 N–H and O–H groups in total. The van der Waals surface area contributed by atoms with Gasteiger partial charge in [-0.25, -0.2) is 0 Å². The maximum absolute atomic E-state index is 6.45. The second-order valence-electron chi connectivity index (χ2n) is 4.49. The Bertz CT molecular complexity index is 567. The number of aromatic nitrogens is 2. The monoisotopic (exact) mass is 245 g/mol. The first kappa shape index (κ1) is 11.4. The van der Waals surface area contributed by atoms with Crippen molar-refractivity contribution in [3.05, 3.63) is 47.1 Å². The molecular weight excluding hydrogens is 230 g/mol. The van der Waals surface area contributed by atoms with Crippen LogP contribution in [0.2, 0.25) is 0 Å². The van der Waals surface area contributed by atoms with Gasteiger partial charge in [-0.1, -0.05) is 36.3 Å². The zero-order valence-corrected chi connectivity index (χ0v) is 10.2. The van der Waals surface area contributed by atoms with Gasteiger partial charge in [0.15, 0.2) is 5.82 Å². The third kappa shape index (κ3) is 1.63. The summed E-state index contributed by atoms with van der Waals surface area (Å²) in [6, 6.07) is 7.95. The molecule has 5 heteroatoms. The van der Waals surface area contributed by atoms with Crippen molar-refractivity contribution in [3.63, 3.8) is 0 Å². The lowest BCUT2D eigenvalue weighted by Gasteiger charge is -2.32. The third-order valence-corrected chi connectivity index (χ3v) is 3.25. The van der Waals surface area contributed by atoms with Crippen molar-refractivity contribution >= 4 is 0 Å². The van der Waals surface area contributed by atoms with Crippen LogP contribution in [0.15, 0.2) is 28.8 Å². The van der Waals surface area contributed by atoms with E-state index in [9.17, 15) is 0 Å². The number of hydrogen-bond acceptors (Lipinski definition) is 5. The van der Waals surface area contributed by atoms with Gasteiger partial charge in [-0.15, -0.1) is 0 Å². The number of fused-ring (bicyclic) bond motifs is 1. The molecule has 1 aliphatic rings. The molecule has 18 heavy (non-hydrogen) atoms. The Kier molecular flexibility index (Phi) is 2.65. The van der Waals surface area contributed by atoms with Gasteiger partial charge in [0.2, 0.25) is 5.89 Å². The SMILES string of the molecule is CCc1nc(C2(N)COCc3ccccc32)no1. The van der Waals surface area contributed by atoms with Gasteiger partial charge >= 0.3 is 0 Å². The van der Waals surface area contributed by atoms with Crippen LogP contribution in [0.3, 0.4) is 0 Å². The molecule has 0 fully saturated rings. The lowest BCUT2D eigenvalue weighted by atomic mass is 9.86. The molecule has 5 nitrogen and oxygen atoms in total. The van der Waals surface area contributed by atoms with Crippen LogP contribution in [0.5, 0.6) is 0 Å². The predicted molar refractivity (Wildman–Crippen MR) is 64.7 cm³/mol. The summed E-state index contributed by atoms with van der Waals surface area (Å²) in [5.74, 6) is 1.09. The standard InChI is InChI=1S/C13H15N3O2/c1-2-11-15-12(16-18-11)13(14)8-17-7-9-5-3-4-6-10(9)13/h3-6H,2,7-8,14H2,1H3. The summed E-state index contributed by atoms with van der Waals surface area (Å²) in [6.07, 6.45) is 0.700. The summed E-state index contributed by atoms with van der Waals surface area (Å²) in [5.41, 5.74) is 7.73. The van der Waals surface area contributed by atoms with Crippen LogP contribution >= 0.6 is 0 Å². The summed E-state index contributed by atoms with van der Waals surface area (Å²) >= 11 is 0. The largest absolute Gasteiger partial charge is 0.374 e. The quantitative estimate of drug-likeness (QED) is 0.864. The number of ether oxygens (including phenoxy) is 1. The fraction of sp³-hybridized carbons (Fsp3) is 0.385. The number of benzene rings is 1. The molecule has 0 saturated carbocycles. The molecule has 0 spiro atoms. The smallest absolute Gasteiger partial charge is 0.226 e. The molecule has 0 radical (unpaired) electrons. The summed E-state index contributed by atoms with van der Waals surface area (Å²) in [6.45, 7) is 2.91. The van der Waals surface area contributed by atoms with E-state index in [0.717, 1.165) is 11.1 Å². The van der Waals surface area contributed by atoms with E-state index in [1.807, 2.05) is 31.2 Å². The predicted octanol–water partition coefficient (Wildman–Crippen LogP) is 1.36. The molecule has 1 unspecified atom stereocenters. The molecule has 94 valence electrons. The van der Waals surface area contributed by atoms with Crippen LogP contribution in [-0.2, 0) is 23.3 Å². The first-order chi connectivity index (χ1) is 8.74. The van der Waals surface area contributed by atoms with Gasteiger partial charge in [0.25, 0.3) is 0 Å². The molecular formula is C13H15N3O2. The lowest BCUT2D eigenvalue weighted by Crippen LogP contribution is -2.46. The van der Waals surface area contributed by atoms with Crippen LogP contribution in [0, 0.1) is 0 Å². The molecule has 0 saturated heterocycles. The van der Waals surface area contributed by atoms with Crippen molar-refractivity contribution in [3.8, 4) is 0 Å². The van der Waals surface area contributed by atoms with Crippen molar-refractivity contribution in [1.82, 2.24) is 10.1 Å². The highest BCUT2D eigenvalue weighted by atomic mass is 16.5. The highest BCUT2D eigenvalue weighted by molar-refractivity contribution is 5.39. The van der Waals surface area contributed by atoms with Crippen molar-refractivity contribution in [2.24, 2.45) is 5.73 Å². The second-order valence-corrected chi connectivity index (χ2v) is 4.49. The molecule has 0 bridgehead atoms. The van der Waals surface area contributed by atoms with Crippen molar-refractivity contribution in [1.29, 1.82) is 0 Å². The van der Waals surface area contributed by atoms with Gasteiger partial charge in [0.1, 0.15) is 5.54 Å². The number of hydrogen-bond donors (Lipinski definition) is 1. The number of nitrogens with two attached hydrogens (primary N) is 1. The van der Waals surface area contributed by atoms with Crippen LogP contribution in [-0.4, -0.2) is 16.7 Å². The van der Waals surface area contributed by atoms with E-state index in [0.29, 0.717) is 31.3 Å². The van der Waals surface area contributed by atoms with Gasteiger partial charge < -0.3 is 15.0 Å². The molecule has 1 aromatic heterocycles. The zero-order chi connectivity index (χ0) is 12.6. The highest BCUT2D eigenvalue weighted by Gasteiger charge is 2.39. The van der Waals surface area contributed by atoms with Gasteiger partial charge in [0, 0.05) is 6.42 Å². The van der Waals surface area contributed by atoms with Crippen LogP contribution in [0.4, 0.5) is 0 Å². The number of rotatable bonds is 2. The van der Waals surface area contributed by atoms with E-state index in [-0.39, 0.29) is 0 Å². The Labute approximate surface area is 105 Å². The Balaban J connectivity index is 2.10. The summed E-state index contributed by atoms with van der Waals surface area (Å²) in [4.78, 5) is 4.34. The van der Waals surface area contributed by atoms with Crippen LogP contribution < -0.4 is 5.73 Å². The Morgan fingerprint density at radius 2 is 2.22 bits per heavy atom. The Morgan fingerprint density at radius 3 is 3.00 bits per heavy atom. The third-order valence-electron chi connectivity index (χ3n) is 3.25. The Morgan fingerprint density at radius 1 is 1.39 bits per heavy atom. The highest BCUT2D eigenvalue weighted by Crippen LogP contribution is 2.32. The van der Waals surface area contributed by atoms with E-state index in [4.69, 9.17) is 15.0 Å². The summed E-state index contributed by atoms with van der Waals surface area (Å²) in [5, 5.41) is 3.99. The molecule has 2 heterocycles. The summed E-state index contributed by atoms with van der Waals surface area (Å²) in [7, 11) is 0. The van der Waals surface area contributed by atoms with Crippen LogP contribution in [0.25, 0.3) is 0 Å². The zero-order valence-electron chi connectivity index (χ0n) is 10.2. The normalized spacial score (nSPS) is 22.8. The average Bonchev–Trinajstić information content (AvgIpc) is 2.89. The van der Waals surface area contributed by atoms with Crippen LogP contribution in [0.1, 0.15) is 29.8 Å². The maximum Gasteiger partial charge on any atom is 0.226 e. The van der Waals surface area contributed by atoms with Gasteiger partial charge in [-0.2, -0.15) is 4.98 Å². The Hall–Kier alpha value is -1.72. The minimum Gasteiger partial charge on any atom is -0.374 e. The first-order valence-corrected chi connectivity index (χ1v) is 6.02. The fourth-order valence-electron chi connectivity index (χ4n) is 2.25. The van der Waals surface area contributed by atoms with E-state index >= 15 is 0 Å². The number of aryl methyl sites for hydroxylation is 1. The molecule has 0 amide bonds. The molecule has 2 aromatic rings.